The van der Waals surface area contributed by atoms with Crippen LogP contribution in [0.3, 0.4) is 0 Å². The lowest BCUT2D eigenvalue weighted by Gasteiger charge is -2.23. The molecule has 0 fully saturated rings. The highest BCUT2D eigenvalue weighted by atomic mass is 35.5. The number of aryl methyl sites for hydroxylation is 1. The van der Waals surface area contributed by atoms with Crippen molar-refractivity contribution in [1.82, 2.24) is 0 Å². The van der Waals surface area contributed by atoms with Gasteiger partial charge >= 0.3 is 5.97 Å². The van der Waals surface area contributed by atoms with Gasteiger partial charge in [0, 0.05) is 28.6 Å². The number of fused-ring (bicyclic) bond motifs is 1. The quantitative estimate of drug-likeness (QED) is 0.296. The summed E-state index contributed by atoms with van der Waals surface area (Å²) in [6, 6.07) is 15.5. The van der Waals surface area contributed by atoms with E-state index in [0.717, 1.165) is 0 Å². The molecule has 0 saturated heterocycles. The Bertz CT molecular complexity index is 1640. The van der Waals surface area contributed by atoms with Crippen LogP contribution in [0.4, 0.5) is 11.4 Å². The highest BCUT2D eigenvalue weighted by Gasteiger charge is 2.33. The molecule has 0 unspecified atom stereocenters. The second-order valence-electron chi connectivity index (χ2n) is 8.22. The van der Waals surface area contributed by atoms with E-state index in [4.69, 9.17) is 20.8 Å². The number of ether oxygens (including phenoxy) is 1. The Kier molecular flexibility index (Phi) is 7.56. The van der Waals surface area contributed by atoms with Crippen LogP contribution in [0, 0.1) is 6.92 Å². The Morgan fingerprint density at radius 2 is 1.66 bits per heavy atom. The highest BCUT2D eigenvalue weighted by molar-refractivity contribution is 7.93. The smallest absolute Gasteiger partial charge is 0.342 e. The van der Waals surface area contributed by atoms with Crippen LogP contribution in [0.15, 0.2) is 76.0 Å². The summed E-state index contributed by atoms with van der Waals surface area (Å²) in [6.07, 6.45) is 0. The number of furan rings is 1. The minimum absolute atomic E-state index is 0.0188. The van der Waals surface area contributed by atoms with Gasteiger partial charge in [-0.1, -0.05) is 11.6 Å². The van der Waals surface area contributed by atoms with E-state index in [2.05, 4.69) is 5.32 Å². The van der Waals surface area contributed by atoms with Crippen molar-refractivity contribution >= 4 is 61.8 Å². The first-order valence-corrected chi connectivity index (χ1v) is 13.3. The normalized spacial score (nSPS) is 11.3. The van der Waals surface area contributed by atoms with Gasteiger partial charge in [-0.3, -0.25) is 9.59 Å². The average molecular weight is 555 g/mol. The van der Waals surface area contributed by atoms with Gasteiger partial charge in [-0.15, -0.1) is 0 Å². The summed E-state index contributed by atoms with van der Waals surface area (Å²) < 4.78 is 39.2. The van der Waals surface area contributed by atoms with Crippen molar-refractivity contribution in [2.45, 2.75) is 25.7 Å². The molecule has 4 aromatic rings. The molecule has 0 saturated carbocycles. The summed E-state index contributed by atoms with van der Waals surface area (Å²) in [5.41, 5.74) is 0.906. The van der Waals surface area contributed by atoms with Gasteiger partial charge in [0.15, 0.2) is 0 Å². The average Bonchev–Trinajstić information content (AvgIpc) is 3.19. The zero-order valence-corrected chi connectivity index (χ0v) is 22.2. The van der Waals surface area contributed by atoms with Crippen molar-refractivity contribution in [3.63, 3.8) is 0 Å². The number of nitrogens with zero attached hydrogens (tertiary/aromatic N) is 1. The Morgan fingerprint density at radius 1 is 1.00 bits per heavy atom. The number of anilines is 2. The molecule has 1 heterocycles. The Hall–Kier alpha value is -4.15. The molecule has 2 amide bonds. The van der Waals surface area contributed by atoms with Crippen LogP contribution >= 0.6 is 11.6 Å². The molecule has 0 aliphatic heterocycles. The molecule has 1 N–H and O–H groups in total. The lowest BCUT2D eigenvalue weighted by molar-refractivity contribution is -0.114. The molecular weight excluding hydrogens is 532 g/mol. The largest absolute Gasteiger partial charge is 0.462 e. The molecule has 4 rings (SSSR count). The highest BCUT2D eigenvalue weighted by Crippen LogP contribution is 2.33. The number of nitrogens with one attached hydrogen (secondary N) is 1. The van der Waals surface area contributed by atoms with Crippen LogP contribution in [0.1, 0.15) is 40.3 Å². The number of halogens is 1. The van der Waals surface area contributed by atoms with E-state index in [1.807, 2.05) is 0 Å². The number of sulfonamides is 1. The van der Waals surface area contributed by atoms with Gasteiger partial charge in [0.25, 0.3) is 15.9 Å². The van der Waals surface area contributed by atoms with Crippen molar-refractivity contribution in [2.24, 2.45) is 0 Å². The van der Waals surface area contributed by atoms with E-state index < -0.39 is 21.9 Å². The molecule has 0 aliphatic carbocycles. The third kappa shape index (κ3) is 5.27. The molecular formula is C27H23ClN2O7S. The third-order valence-corrected chi connectivity index (χ3v) is 7.53. The van der Waals surface area contributed by atoms with E-state index in [1.165, 1.54) is 73.7 Å². The molecule has 0 aliphatic rings. The van der Waals surface area contributed by atoms with Gasteiger partial charge < -0.3 is 14.5 Å². The van der Waals surface area contributed by atoms with Crippen molar-refractivity contribution in [3.05, 3.63) is 88.6 Å². The number of carbonyl (C=O) groups is 3. The number of carbonyl (C=O) groups excluding carboxylic acids is 3. The summed E-state index contributed by atoms with van der Waals surface area (Å²) in [7, 11) is -4.47. The molecule has 0 atom stereocenters. The third-order valence-electron chi connectivity index (χ3n) is 5.55. The molecule has 3 aromatic carbocycles. The molecule has 38 heavy (non-hydrogen) atoms. The lowest BCUT2D eigenvalue weighted by Crippen LogP contribution is -2.37. The molecule has 9 nitrogen and oxygen atoms in total. The fraction of sp³-hybridized carbons (Fsp3) is 0.148. The van der Waals surface area contributed by atoms with Crippen LogP contribution in [0.2, 0.25) is 5.02 Å². The number of hydrogen-bond acceptors (Lipinski definition) is 7. The first kappa shape index (κ1) is 26.9. The first-order chi connectivity index (χ1) is 18.0. The van der Waals surface area contributed by atoms with E-state index in [9.17, 15) is 22.8 Å². The number of rotatable bonds is 7. The zero-order chi connectivity index (χ0) is 27.6. The van der Waals surface area contributed by atoms with Gasteiger partial charge in [-0.2, -0.15) is 4.31 Å². The second kappa shape index (κ2) is 10.7. The standard InChI is InChI=1S/C27H23ClN2O7S/c1-4-36-27(33)25-16(2)37-24-14-11-21(15-23(24)25)30(26(32)18-5-7-19(28)8-6-18)38(34,35)22-12-9-20(10-13-22)29-17(3)31/h5-15H,4H2,1-3H3,(H,29,31). The van der Waals surface area contributed by atoms with Crippen LogP contribution in [0.5, 0.6) is 0 Å². The molecule has 0 radical (unpaired) electrons. The molecule has 1 aromatic heterocycles. The minimum atomic E-state index is -4.47. The lowest BCUT2D eigenvalue weighted by atomic mass is 10.1. The van der Waals surface area contributed by atoms with Crippen LogP contribution in [-0.4, -0.2) is 32.8 Å². The van der Waals surface area contributed by atoms with E-state index in [0.29, 0.717) is 31.7 Å². The number of benzene rings is 3. The summed E-state index contributed by atoms with van der Waals surface area (Å²) in [5, 5.41) is 3.24. The van der Waals surface area contributed by atoms with Gasteiger partial charge in [0.1, 0.15) is 16.9 Å². The Morgan fingerprint density at radius 3 is 2.26 bits per heavy atom. The molecule has 0 bridgehead atoms. The maximum absolute atomic E-state index is 13.9. The minimum Gasteiger partial charge on any atom is -0.462 e. The van der Waals surface area contributed by atoms with Crippen LogP contribution < -0.4 is 9.62 Å². The van der Waals surface area contributed by atoms with Crippen molar-refractivity contribution < 1.29 is 32.0 Å². The van der Waals surface area contributed by atoms with Crippen molar-refractivity contribution in [3.8, 4) is 0 Å². The summed E-state index contributed by atoms with van der Waals surface area (Å²) in [4.78, 5) is 37.5. The summed E-state index contributed by atoms with van der Waals surface area (Å²) in [5.74, 6) is -1.50. The fourth-order valence-electron chi connectivity index (χ4n) is 3.89. The van der Waals surface area contributed by atoms with Crippen molar-refractivity contribution in [1.29, 1.82) is 0 Å². The van der Waals surface area contributed by atoms with Gasteiger partial charge in [-0.05, 0) is 80.6 Å². The van der Waals surface area contributed by atoms with Crippen molar-refractivity contribution in [2.75, 3.05) is 16.2 Å². The maximum atomic E-state index is 13.9. The SMILES string of the molecule is CCOC(=O)c1c(C)oc2ccc(N(C(=O)c3ccc(Cl)cc3)S(=O)(=O)c3ccc(NC(C)=O)cc3)cc12. The van der Waals surface area contributed by atoms with E-state index in [1.54, 1.807) is 13.8 Å². The Labute approximate surface area is 224 Å². The fourth-order valence-corrected chi connectivity index (χ4v) is 5.42. The molecule has 0 spiro atoms. The number of esters is 1. The summed E-state index contributed by atoms with van der Waals surface area (Å²) >= 11 is 5.96. The Balaban J connectivity index is 1.89. The number of hydrogen-bond donors (Lipinski definition) is 1. The maximum Gasteiger partial charge on any atom is 0.342 e. The zero-order valence-electron chi connectivity index (χ0n) is 20.6. The first-order valence-electron chi connectivity index (χ1n) is 11.5. The van der Waals surface area contributed by atoms with E-state index in [-0.39, 0.29) is 34.2 Å². The van der Waals surface area contributed by atoms with E-state index >= 15 is 0 Å². The summed E-state index contributed by atoms with van der Waals surface area (Å²) in [6.45, 7) is 4.72. The topological polar surface area (TPSA) is 123 Å². The van der Waals surface area contributed by atoms with Crippen LogP contribution in [-0.2, 0) is 19.6 Å². The monoisotopic (exact) mass is 554 g/mol. The molecule has 11 heteroatoms. The van der Waals surface area contributed by atoms with Gasteiger partial charge in [0.05, 0.1) is 17.2 Å². The predicted octanol–water partition coefficient (Wildman–Crippen LogP) is 5.57. The molecule has 196 valence electrons. The second-order valence-corrected chi connectivity index (χ2v) is 10.4. The van der Waals surface area contributed by atoms with Crippen LogP contribution in [0.25, 0.3) is 11.0 Å². The van der Waals surface area contributed by atoms with Gasteiger partial charge in [0.2, 0.25) is 5.91 Å². The van der Waals surface area contributed by atoms with Gasteiger partial charge in [-0.25, -0.2) is 13.2 Å². The number of amides is 2. The predicted molar refractivity (Wildman–Crippen MR) is 143 cm³/mol.